The number of benzene rings is 1. The highest BCUT2D eigenvalue weighted by molar-refractivity contribution is 7.98. The normalized spacial score (nSPS) is 13.4. The van der Waals surface area contributed by atoms with Crippen molar-refractivity contribution in [1.29, 1.82) is 0 Å². The molecule has 98 valence electrons. The van der Waals surface area contributed by atoms with E-state index in [-0.39, 0.29) is 12.5 Å². The van der Waals surface area contributed by atoms with Crippen LogP contribution in [0.2, 0.25) is 0 Å². The monoisotopic (exact) mass is 268 g/mol. The summed E-state index contributed by atoms with van der Waals surface area (Å²) >= 11 is 1.64. The minimum Gasteiger partial charge on any atom is -0.486 e. The molecule has 0 aromatic heterocycles. The van der Waals surface area contributed by atoms with Gasteiger partial charge in [-0.2, -0.15) is 0 Å². The largest absolute Gasteiger partial charge is 0.486 e. The van der Waals surface area contributed by atoms with Gasteiger partial charge in [-0.3, -0.25) is 4.79 Å². The van der Waals surface area contributed by atoms with Gasteiger partial charge >= 0.3 is 0 Å². The predicted octanol–water partition coefficient (Wildman–Crippen LogP) is 0.755. The van der Waals surface area contributed by atoms with E-state index in [1.807, 2.05) is 18.4 Å². The summed E-state index contributed by atoms with van der Waals surface area (Å²) in [6.45, 7) is 1.90. The molecule has 1 aromatic rings. The van der Waals surface area contributed by atoms with Crippen LogP contribution in [0.15, 0.2) is 17.0 Å². The van der Waals surface area contributed by atoms with Gasteiger partial charge in [-0.15, -0.1) is 11.8 Å². The van der Waals surface area contributed by atoms with Crippen LogP contribution in [-0.2, 0) is 11.3 Å². The Morgan fingerprint density at radius 2 is 2.06 bits per heavy atom. The van der Waals surface area contributed by atoms with Crippen molar-refractivity contribution in [2.45, 2.75) is 11.4 Å². The molecule has 1 heterocycles. The van der Waals surface area contributed by atoms with Crippen LogP contribution in [0.1, 0.15) is 5.56 Å². The van der Waals surface area contributed by atoms with E-state index < -0.39 is 0 Å². The fraction of sp³-hybridized carbons (Fsp3) is 0.417. The first kappa shape index (κ1) is 13.0. The molecule has 0 spiro atoms. The van der Waals surface area contributed by atoms with Gasteiger partial charge in [0.1, 0.15) is 13.2 Å². The van der Waals surface area contributed by atoms with Crippen molar-refractivity contribution in [2.75, 3.05) is 26.0 Å². The van der Waals surface area contributed by atoms with Gasteiger partial charge in [-0.25, -0.2) is 0 Å². The lowest BCUT2D eigenvalue weighted by atomic mass is 10.2. The van der Waals surface area contributed by atoms with Gasteiger partial charge in [0.05, 0.1) is 6.54 Å². The summed E-state index contributed by atoms with van der Waals surface area (Å²) in [4.78, 5) is 11.8. The number of nitrogens with two attached hydrogens (primary N) is 1. The summed E-state index contributed by atoms with van der Waals surface area (Å²) < 4.78 is 11.1. The number of primary amides is 1. The molecule has 0 aliphatic carbocycles. The van der Waals surface area contributed by atoms with E-state index in [0.717, 1.165) is 22.0 Å². The van der Waals surface area contributed by atoms with Gasteiger partial charge in [0.15, 0.2) is 11.5 Å². The van der Waals surface area contributed by atoms with Crippen LogP contribution in [-0.4, -0.2) is 31.9 Å². The molecular formula is C12H16N2O3S. The van der Waals surface area contributed by atoms with E-state index in [1.54, 1.807) is 11.8 Å². The molecule has 0 bridgehead atoms. The lowest BCUT2D eigenvalue weighted by Crippen LogP contribution is -2.28. The third kappa shape index (κ3) is 3.08. The van der Waals surface area contributed by atoms with Crippen LogP contribution in [0.25, 0.3) is 0 Å². The second kappa shape index (κ2) is 5.97. The molecular weight excluding hydrogens is 252 g/mol. The Balaban J connectivity index is 2.14. The standard InChI is InChI=1S/C12H16N2O3S/c1-18-11-5-10-9(16-2-3-17-10)4-8(11)6-14-7-12(13)15/h4-5,14H,2-3,6-7H2,1H3,(H2,13,15). The smallest absolute Gasteiger partial charge is 0.231 e. The van der Waals surface area contributed by atoms with Crippen molar-refractivity contribution in [1.82, 2.24) is 5.32 Å². The molecule has 0 saturated carbocycles. The van der Waals surface area contributed by atoms with E-state index in [4.69, 9.17) is 15.2 Å². The third-order valence-electron chi connectivity index (χ3n) is 2.56. The first-order valence-corrected chi connectivity index (χ1v) is 6.88. The lowest BCUT2D eigenvalue weighted by Gasteiger charge is -2.20. The summed E-state index contributed by atoms with van der Waals surface area (Å²) in [7, 11) is 0. The molecule has 2 rings (SSSR count). The Morgan fingerprint density at radius 1 is 1.39 bits per heavy atom. The Bertz CT molecular complexity index is 451. The number of rotatable bonds is 5. The molecule has 0 unspecified atom stereocenters. The molecule has 3 N–H and O–H groups in total. The van der Waals surface area contributed by atoms with Crippen LogP contribution in [0.5, 0.6) is 11.5 Å². The molecule has 1 amide bonds. The number of carbonyl (C=O) groups excluding carboxylic acids is 1. The van der Waals surface area contributed by atoms with Gasteiger partial charge in [0.25, 0.3) is 0 Å². The van der Waals surface area contributed by atoms with Crippen molar-refractivity contribution in [3.8, 4) is 11.5 Å². The Morgan fingerprint density at radius 3 is 2.67 bits per heavy atom. The van der Waals surface area contributed by atoms with Gasteiger partial charge in [-0.05, 0) is 24.0 Å². The molecule has 6 heteroatoms. The Kier molecular flexibility index (Phi) is 4.33. The van der Waals surface area contributed by atoms with E-state index in [1.165, 1.54) is 0 Å². The maximum atomic E-state index is 10.7. The zero-order valence-electron chi connectivity index (χ0n) is 10.2. The quantitative estimate of drug-likeness (QED) is 0.771. The first-order chi connectivity index (χ1) is 8.70. The fourth-order valence-corrected chi connectivity index (χ4v) is 2.38. The molecule has 0 atom stereocenters. The maximum Gasteiger partial charge on any atom is 0.231 e. The number of thioether (sulfide) groups is 1. The summed E-state index contributed by atoms with van der Waals surface area (Å²) in [6.07, 6.45) is 2.00. The van der Waals surface area contributed by atoms with Crippen molar-refractivity contribution < 1.29 is 14.3 Å². The van der Waals surface area contributed by atoms with Crippen LogP contribution < -0.4 is 20.5 Å². The van der Waals surface area contributed by atoms with Crippen LogP contribution in [0.4, 0.5) is 0 Å². The molecule has 1 aliphatic heterocycles. The van der Waals surface area contributed by atoms with Gasteiger partial charge < -0.3 is 20.5 Å². The Labute approximate surface area is 110 Å². The molecule has 1 aliphatic rings. The minimum absolute atomic E-state index is 0.169. The topological polar surface area (TPSA) is 73.6 Å². The van der Waals surface area contributed by atoms with Crippen LogP contribution in [0.3, 0.4) is 0 Å². The molecule has 0 radical (unpaired) electrons. The summed E-state index contributed by atoms with van der Waals surface area (Å²) in [5.74, 6) is 1.18. The molecule has 0 fully saturated rings. The average Bonchev–Trinajstić information content (AvgIpc) is 2.37. The Hall–Kier alpha value is -1.40. The summed E-state index contributed by atoms with van der Waals surface area (Å²) in [5, 5.41) is 3.00. The number of amides is 1. The zero-order chi connectivity index (χ0) is 13.0. The first-order valence-electron chi connectivity index (χ1n) is 5.66. The number of ether oxygens (including phenoxy) is 2. The second-order valence-electron chi connectivity index (χ2n) is 3.88. The highest BCUT2D eigenvalue weighted by Crippen LogP contribution is 2.36. The third-order valence-corrected chi connectivity index (χ3v) is 3.38. The predicted molar refractivity (Wildman–Crippen MR) is 70.1 cm³/mol. The van der Waals surface area contributed by atoms with Gasteiger partial charge in [0.2, 0.25) is 5.91 Å². The molecule has 18 heavy (non-hydrogen) atoms. The van der Waals surface area contributed by atoms with Crippen LogP contribution >= 0.6 is 11.8 Å². The van der Waals surface area contributed by atoms with Crippen molar-refractivity contribution in [3.63, 3.8) is 0 Å². The van der Waals surface area contributed by atoms with E-state index in [0.29, 0.717) is 19.8 Å². The second-order valence-corrected chi connectivity index (χ2v) is 4.73. The van der Waals surface area contributed by atoms with Crippen molar-refractivity contribution >= 4 is 17.7 Å². The molecule has 0 saturated heterocycles. The van der Waals surface area contributed by atoms with E-state index in [2.05, 4.69) is 5.32 Å². The highest BCUT2D eigenvalue weighted by Gasteiger charge is 2.15. The number of hydrogen-bond donors (Lipinski definition) is 2. The van der Waals surface area contributed by atoms with Crippen molar-refractivity contribution in [2.24, 2.45) is 5.73 Å². The number of hydrogen-bond acceptors (Lipinski definition) is 5. The number of fused-ring (bicyclic) bond motifs is 1. The van der Waals surface area contributed by atoms with Crippen molar-refractivity contribution in [3.05, 3.63) is 17.7 Å². The highest BCUT2D eigenvalue weighted by atomic mass is 32.2. The number of nitrogens with one attached hydrogen (secondary N) is 1. The molecule has 1 aromatic carbocycles. The van der Waals surface area contributed by atoms with Crippen LogP contribution in [0, 0.1) is 0 Å². The van der Waals surface area contributed by atoms with E-state index in [9.17, 15) is 4.79 Å². The average molecular weight is 268 g/mol. The summed E-state index contributed by atoms with van der Waals surface area (Å²) in [6, 6.07) is 3.93. The molecule has 5 nitrogen and oxygen atoms in total. The van der Waals surface area contributed by atoms with Gasteiger partial charge in [-0.1, -0.05) is 0 Å². The van der Waals surface area contributed by atoms with E-state index >= 15 is 0 Å². The lowest BCUT2D eigenvalue weighted by molar-refractivity contribution is -0.117. The number of carbonyl (C=O) groups is 1. The fourth-order valence-electron chi connectivity index (χ4n) is 1.76. The maximum absolute atomic E-state index is 10.7. The minimum atomic E-state index is -0.363. The van der Waals surface area contributed by atoms with Gasteiger partial charge in [0, 0.05) is 11.4 Å². The zero-order valence-corrected chi connectivity index (χ0v) is 11.0. The SMILES string of the molecule is CSc1cc2c(cc1CNCC(N)=O)OCCO2. The summed E-state index contributed by atoms with van der Waals surface area (Å²) in [5.41, 5.74) is 6.16.